The average Bonchev–Trinajstić information content (AvgIpc) is 3.57. The zero-order chi connectivity index (χ0) is 33.6. The monoisotopic (exact) mass is 644 g/mol. The Labute approximate surface area is 278 Å². The van der Waals surface area contributed by atoms with Gasteiger partial charge in [0.1, 0.15) is 12.2 Å². The highest BCUT2D eigenvalue weighted by molar-refractivity contribution is 5.68. The highest BCUT2D eigenvalue weighted by Gasteiger charge is 2.83. The molecule has 8 nitrogen and oxygen atoms in total. The van der Waals surface area contributed by atoms with Gasteiger partial charge in [-0.3, -0.25) is 0 Å². The van der Waals surface area contributed by atoms with Crippen molar-refractivity contribution in [3.63, 3.8) is 0 Å². The fourth-order valence-corrected chi connectivity index (χ4v) is 12.9. The van der Waals surface area contributed by atoms with E-state index < -0.39 is 0 Å². The van der Waals surface area contributed by atoms with Gasteiger partial charge in [-0.1, -0.05) is 48.5 Å². The minimum absolute atomic E-state index is 0.0340. The molecule has 1 heterocycles. The lowest BCUT2D eigenvalue weighted by Crippen LogP contribution is -2.60. The Kier molecular flexibility index (Phi) is 8.60. The second-order valence-electron chi connectivity index (χ2n) is 18.3. The summed E-state index contributed by atoms with van der Waals surface area (Å²) in [6.45, 7) is 17.8. The number of nitrogens with zero attached hydrogens (tertiary/aromatic N) is 2. The van der Waals surface area contributed by atoms with E-state index in [1.165, 1.54) is 12.8 Å². The van der Waals surface area contributed by atoms with Gasteiger partial charge in [-0.2, -0.15) is 0 Å². The van der Waals surface area contributed by atoms with E-state index in [1.807, 2.05) is 0 Å². The topological polar surface area (TPSA) is 88.5 Å². The number of amides is 2. The minimum atomic E-state index is -0.321. The van der Waals surface area contributed by atoms with Crippen LogP contribution in [0.25, 0.3) is 0 Å². The van der Waals surface area contributed by atoms with Crippen LogP contribution in [0.2, 0.25) is 0 Å². The molecule has 6 aliphatic rings. The normalized spacial score (nSPS) is 44.0. The number of methoxy groups -OCH3 is 1. The molecule has 5 saturated carbocycles. The van der Waals surface area contributed by atoms with Crippen molar-refractivity contribution in [2.45, 2.75) is 137 Å². The van der Waals surface area contributed by atoms with Crippen LogP contribution in [-0.4, -0.2) is 85.8 Å². The molecule has 1 aliphatic heterocycles. The molecular formula is C38H64N2O6. The van der Waals surface area contributed by atoms with Gasteiger partial charge < -0.3 is 29.1 Å². The van der Waals surface area contributed by atoms with E-state index in [2.05, 4.69) is 48.5 Å². The summed E-state index contributed by atoms with van der Waals surface area (Å²) < 4.78 is 18.3. The molecule has 262 valence electrons. The van der Waals surface area contributed by atoms with Gasteiger partial charge in [0.05, 0.1) is 12.2 Å². The maximum absolute atomic E-state index is 12.8. The number of carbonyl (C=O) groups is 2. The maximum Gasteiger partial charge on any atom is 0.410 e. The van der Waals surface area contributed by atoms with E-state index >= 15 is 0 Å². The molecule has 0 aromatic heterocycles. The van der Waals surface area contributed by atoms with Crippen LogP contribution in [0.5, 0.6) is 0 Å². The summed E-state index contributed by atoms with van der Waals surface area (Å²) in [5.41, 5.74) is 0.431. The number of aliphatic hydroxyl groups excluding tert-OH is 1. The van der Waals surface area contributed by atoms with Gasteiger partial charge >= 0.3 is 12.2 Å². The Balaban J connectivity index is 1.20. The summed E-state index contributed by atoms with van der Waals surface area (Å²) >= 11 is 0. The molecule has 2 amide bonds. The van der Waals surface area contributed by atoms with Crippen molar-refractivity contribution >= 4 is 12.2 Å². The zero-order valence-corrected chi connectivity index (χ0v) is 30.6. The molecule has 0 radical (unpaired) electrons. The molecule has 0 aromatic rings. The second-order valence-corrected chi connectivity index (χ2v) is 18.3. The van der Waals surface area contributed by atoms with Gasteiger partial charge in [-0.15, -0.1) is 0 Å². The van der Waals surface area contributed by atoms with Gasteiger partial charge in [-0.25, -0.2) is 9.59 Å². The second kappa shape index (κ2) is 11.5. The maximum atomic E-state index is 12.8. The molecule has 6 rings (SSSR count). The predicted molar refractivity (Wildman–Crippen MR) is 178 cm³/mol. The quantitative estimate of drug-likeness (QED) is 0.297. The van der Waals surface area contributed by atoms with Crippen molar-refractivity contribution in [2.75, 3.05) is 34.3 Å². The van der Waals surface area contributed by atoms with Crippen LogP contribution in [0.4, 0.5) is 9.59 Å². The van der Waals surface area contributed by atoms with Crippen molar-refractivity contribution in [3.05, 3.63) is 0 Å². The summed E-state index contributed by atoms with van der Waals surface area (Å²) in [7, 11) is 5.29. The summed E-state index contributed by atoms with van der Waals surface area (Å²) in [4.78, 5) is 28.7. The first-order valence-corrected chi connectivity index (χ1v) is 18.5. The van der Waals surface area contributed by atoms with E-state index in [-0.39, 0.29) is 58.8 Å². The number of aliphatic hydroxyl groups is 1. The van der Waals surface area contributed by atoms with Crippen LogP contribution in [-0.2, 0) is 14.2 Å². The van der Waals surface area contributed by atoms with Crippen LogP contribution >= 0.6 is 0 Å². The Morgan fingerprint density at radius 1 is 0.957 bits per heavy atom. The predicted octanol–water partition coefficient (Wildman–Crippen LogP) is 7.37. The molecular weight excluding hydrogens is 580 g/mol. The van der Waals surface area contributed by atoms with Crippen molar-refractivity contribution in [1.29, 1.82) is 0 Å². The smallest absolute Gasteiger partial charge is 0.410 e. The zero-order valence-electron chi connectivity index (χ0n) is 30.6. The molecule has 12 atom stereocenters. The van der Waals surface area contributed by atoms with Crippen LogP contribution in [0.15, 0.2) is 0 Å². The van der Waals surface area contributed by atoms with Crippen molar-refractivity contribution < 1.29 is 28.9 Å². The van der Waals surface area contributed by atoms with Gasteiger partial charge in [-0.05, 0) is 110 Å². The first kappa shape index (κ1) is 34.3. The average molecular weight is 645 g/mol. The molecule has 0 aromatic carbocycles. The summed E-state index contributed by atoms with van der Waals surface area (Å²) in [5.74, 6) is 1.92. The third kappa shape index (κ3) is 4.71. The van der Waals surface area contributed by atoms with Crippen LogP contribution in [0, 0.1) is 56.7 Å². The number of likely N-dealkylation sites (tertiary alicyclic amines) is 1. The molecule has 0 bridgehead atoms. The van der Waals surface area contributed by atoms with Crippen LogP contribution in [0.1, 0.15) is 113 Å². The van der Waals surface area contributed by atoms with Gasteiger partial charge in [0.2, 0.25) is 0 Å². The van der Waals surface area contributed by atoms with Gasteiger partial charge in [0.15, 0.2) is 0 Å². The molecule has 6 fully saturated rings. The Morgan fingerprint density at radius 3 is 2.20 bits per heavy atom. The third-order valence-electron chi connectivity index (χ3n) is 15.8. The van der Waals surface area contributed by atoms with E-state index in [9.17, 15) is 14.7 Å². The number of rotatable bonds is 8. The molecule has 5 unspecified atom stereocenters. The van der Waals surface area contributed by atoms with Crippen molar-refractivity contribution in [1.82, 2.24) is 9.80 Å². The summed E-state index contributed by atoms with van der Waals surface area (Å²) in [6.07, 6.45) is 9.45. The standard InChI is InChI=1S/C38H64N2O6/c1-23(2)31(46-33(43)40-18-11-19-40)26(44-10)20-24(3)25-21-29(41)36(7)28-13-12-27-34(4,5)30(45-32(42)39(8)9)14-15-37(27)22-38(28,37)17-16-35(25,36)6/h23-31,41H,11-22H2,1-10H3/t24-,25-,26?,27?,28?,29+,30+,31-,35-,36?,37-,38?/m1/s1. The molecule has 46 heavy (non-hydrogen) atoms. The number of fused-ring (bicyclic) bond motifs is 2. The van der Waals surface area contributed by atoms with E-state index in [4.69, 9.17) is 14.2 Å². The fourth-order valence-electron chi connectivity index (χ4n) is 12.9. The van der Waals surface area contributed by atoms with E-state index in [0.29, 0.717) is 34.5 Å². The first-order chi connectivity index (χ1) is 21.5. The number of hydrogen-bond donors (Lipinski definition) is 1. The number of ether oxygens (including phenoxy) is 3. The van der Waals surface area contributed by atoms with E-state index in [0.717, 1.165) is 64.5 Å². The Hall–Kier alpha value is -1.54. The molecule has 1 N–H and O–H groups in total. The summed E-state index contributed by atoms with van der Waals surface area (Å²) in [6, 6.07) is 0. The highest BCUT2D eigenvalue weighted by atomic mass is 16.6. The lowest BCUT2D eigenvalue weighted by atomic mass is 9.41. The molecule has 8 heteroatoms. The Bertz CT molecular complexity index is 1190. The van der Waals surface area contributed by atoms with Crippen LogP contribution in [0.3, 0.4) is 0 Å². The number of hydrogen-bond acceptors (Lipinski definition) is 6. The van der Waals surface area contributed by atoms with Crippen molar-refractivity contribution in [3.8, 4) is 0 Å². The fraction of sp³-hybridized carbons (Fsp3) is 0.947. The largest absolute Gasteiger partial charge is 0.446 e. The van der Waals surface area contributed by atoms with E-state index in [1.54, 1.807) is 31.0 Å². The van der Waals surface area contributed by atoms with Gasteiger partial charge in [0, 0.05) is 45.1 Å². The minimum Gasteiger partial charge on any atom is -0.446 e. The van der Waals surface area contributed by atoms with Gasteiger partial charge in [0.25, 0.3) is 0 Å². The first-order valence-electron chi connectivity index (χ1n) is 18.5. The molecule has 1 saturated heterocycles. The lowest BCUT2D eigenvalue weighted by Gasteiger charge is -2.64. The summed E-state index contributed by atoms with van der Waals surface area (Å²) in [5, 5.41) is 12.2. The van der Waals surface area contributed by atoms with Crippen LogP contribution < -0.4 is 0 Å². The number of carbonyl (C=O) groups excluding carboxylic acids is 2. The molecule has 5 aliphatic carbocycles. The van der Waals surface area contributed by atoms with Crippen molar-refractivity contribution in [2.24, 2.45) is 56.7 Å². The highest BCUT2D eigenvalue weighted by Crippen LogP contribution is 2.89. The SMILES string of the molecule is COC(C[C@@H](C)[C@H]1C[C@H](O)C2(C)C3CCC4C(C)(C)[C@@H](OC(=O)N(C)C)CC[C@@]45CC35CC[C@]12C)[C@H](OC(=O)N1CCC1)C(C)C. The molecule has 2 spiro atoms. The third-order valence-corrected chi connectivity index (χ3v) is 15.8. The Morgan fingerprint density at radius 2 is 1.61 bits per heavy atom. The lowest BCUT2D eigenvalue weighted by molar-refractivity contribution is -0.183.